The molecule has 29 heavy (non-hydrogen) atoms. The molecule has 0 saturated heterocycles. The van der Waals surface area contributed by atoms with Crippen LogP contribution in [-0.2, 0) is 17.7 Å². The van der Waals surface area contributed by atoms with Crippen molar-refractivity contribution in [1.82, 2.24) is 9.55 Å². The molecule has 0 aliphatic rings. The van der Waals surface area contributed by atoms with Gasteiger partial charge in [-0.25, -0.2) is 9.37 Å². The molecule has 0 saturated carbocycles. The molecular weight excluding hydrogens is 463 g/mol. The maximum atomic E-state index is 15.5. The van der Waals surface area contributed by atoms with Crippen LogP contribution in [0, 0.1) is 5.82 Å². The number of aliphatic hydroxyl groups excluding tert-OH is 1. The van der Waals surface area contributed by atoms with Crippen molar-refractivity contribution in [3.05, 3.63) is 62.6 Å². The number of halogens is 3. The minimum atomic E-state index is -0.526. The summed E-state index contributed by atoms with van der Waals surface area (Å²) >= 11 is 9.68. The summed E-state index contributed by atoms with van der Waals surface area (Å²) in [5.74, 6) is -0.881. The average Bonchev–Trinajstić information content (AvgIpc) is 3.09. The van der Waals surface area contributed by atoms with E-state index in [1.165, 1.54) is 0 Å². The maximum Gasteiger partial charge on any atom is 0.188 e. The van der Waals surface area contributed by atoms with Crippen molar-refractivity contribution in [2.45, 2.75) is 26.3 Å². The summed E-state index contributed by atoms with van der Waals surface area (Å²) < 4.78 is 23.3. The standard InChI is InChI=1S/C21H21BrClFN2O3/c1-2-5-26-12-25-21-18(26)10-15(19(28)11-29-7-6-27)16(20(21)24)8-13-3-4-14(22)9-17(13)23/h3-4,9-10,12,27H,2,5-8,11H2,1H3. The van der Waals surface area contributed by atoms with Gasteiger partial charge in [0, 0.05) is 33.6 Å². The van der Waals surface area contributed by atoms with Crippen molar-refractivity contribution in [1.29, 1.82) is 0 Å². The molecule has 0 aliphatic carbocycles. The first-order chi connectivity index (χ1) is 14.0. The van der Waals surface area contributed by atoms with E-state index in [2.05, 4.69) is 20.9 Å². The van der Waals surface area contributed by atoms with Crippen molar-refractivity contribution < 1.29 is 19.0 Å². The van der Waals surface area contributed by atoms with E-state index in [-0.39, 0.29) is 48.7 Å². The van der Waals surface area contributed by atoms with Crippen LogP contribution in [0.15, 0.2) is 35.1 Å². The molecular formula is C21H21BrClFN2O3. The van der Waals surface area contributed by atoms with Crippen molar-refractivity contribution >= 4 is 44.3 Å². The molecule has 154 valence electrons. The van der Waals surface area contributed by atoms with Crippen LogP contribution in [0.25, 0.3) is 11.0 Å². The summed E-state index contributed by atoms with van der Waals surface area (Å²) in [6.07, 6.45) is 2.59. The first-order valence-corrected chi connectivity index (χ1v) is 10.4. The Balaban J connectivity index is 2.10. The Morgan fingerprint density at radius 2 is 2.17 bits per heavy atom. The Kier molecular flexibility index (Phi) is 7.40. The smallest absolute Gasteiger partial charge is 0.188 e. The zero-order valence-electron chi connectivity index (χ0n) is 15.9. The van der Waals surface area contributed by atoms with E-state index >= 15 is 4.39 Å². The van der Waals surface area contributed by atoms with Crippen LogP contribution < -0.4 is 0 Å². The Morgan fingerprint density at radius 1 is 1.38 bits per heavy atom. The number of imidazole rings is 1. The lowest BCUT2D eigenvalue weighted by molar-refractivity contribution is 0.0663. The highest BCUT2D eigenvalue weighted by Crippen LogP contribution is 2.30. The van der Waals surface area contributed by atoms with Gasteiger partial charge in [-0.05, 0) is 30.2 Å². The van der Waals surface area contributed by atoms with Gasteiger partial charge in [0.25, 0.3) is 0 Å². The maximum absolute atomic E-state index is 15.5. The summed E-state index contributed by atoms with van der Waals surface area (Å²) in [5, 5.41) is 9.36. The third-order valence-electron chi connectivity index (χ3n) is 4.57. The first-order valence-electron chi connectivity index (χ1n) is 9.28. The molecule has 0 fully saturated rings. The van der Waals surface area contributed by atoms with Crippen molar-refractivity contribution in [3.8, 4) is 0 Å². The van der Waals surface area contributed by atoms with Gasteiger partial charge in [0.2, 0.25) is 0 Å². The number of aromatic nitrogens is 2. The van der Waals surface area contributed by atoms with Gasteiger partial charge in [-0.15, -0.1) is 0 Å². The molecule has 0 atom stereocenters. The number of rotatable bonds is 9. The molecule has 0 spiro atoms. The number of ketones is 1. The fourth-order valence-electron chi connectivity index (χ4n) is 3.20. The Morgan fingerprint density at radius 3 is 2.86 bits per heavy atom. The number of ether oxygens (including phenoxy) is 1. The number of aliphatic hydroxyl groups is 1. The molecule has 5 nitrogen and oxygen atoms in total. The highest BCUT2D eigenvalue weighted by molar-refractivity contribution is 9.10. The molecule has 2 aromatic carbocycles. The third-order valence-corrected chi connectivity index (χ3v) is 5.42. The Bertz CT molecular complexity index is 1040. The van der Waals surface area contributed by atoms with Crippen LogP contribution in [0.2, 0.25) is 5.02 Å². The average molecular weight is 484 g/mol. The van der Waals surface area contributed by atoms with Gasteiger partial charge in [0.05, 0.1) is 25.1 Å². The molecule has 1 heterocycles. The summed E-state index contributed by atoms with van der Waals surface area (Å²) in [6, 6.07) is 7.02. The zero-order valence-corrected chi connectivity index (χ0v) is 18.3. The number of carbonyl (C=O) groups is 1. The largest absolute Gasteiger partial charge is 0.394 e. The molecule has 0 unspecified atom stereocenters. The van der Waals surface area contributed by atoms with Crippen molar-refractivity contribution in [2.75, 3.05) is 19.8 Å². The number of fused-ring (bicyclic) bond motifs is 1. The van der Waals surface area contributed by atoms with Gasteiger partial charge in [-0.3, -0.25) is 4.79 Å². The molecule has 8 heteroatoms. The first kappa shape index (κ1) is 21.9. The van der Waals surface area contributed by atoms with Crippen LogP contribution in [0.4, 0.5) is 4.39 Å². The number of aryl methyl sites for hydroxylation is 1. The number of benzene rings is 2. The van der Waals surface area contributed by atoms with E-state index in [1.54, 1.807) is 24.5 Å². The van der Waals surface area contributed by atoms with Crippen LogP contribution in [0.5, 0.6) is 0 Å². The van der Waals surface area contributed by atoms with E-state index in [1.807, 2.05) is 17.6 Å². The van der Waals surface area contributed by atoms with Gasteiger partial charge < -0.3 is 14.4 Å². The van der Waals surface area contributed by atoms with Gasteiger partial charge in [-0.1, -0.05) is 40.5 Å². The van der Waals surface area contributed by atoms with E-state index in [0.717, 1.165) is 10.9 Å². The highest BCUT2D eigenvalue weighted by atomic mass is 79.9. The van der Waals surface area contributed by atoms with Crippen LogP contribution in [0.3, 0.4) is 0 Å². The lowest BCUT2D eigenvalue weighted by Crippen LogP contribution is -2.15. The number of hydrogen-bond donors (Lipinski definition) is 1. The van der Waals surface area contributed by atoms with Crippen molar-refractivity contribution in [3.63, 3.8) is 0 Å². The number of nitrogens with zero attached hydrogens (tertiary/aromatic N) is 2. The summed E-state index contributed by atoms with van der Waals surface area (Å²) in [4.78, 5) is 17.0. The molecule has 0 radical (unpaired) electrons. The lowest BCUT2D eigenvalue weighted by Gasteiger charge is -2.13. The Labute approximate surface area is 181 Å². The highest BCUT2D eigenvalue weighted by Gasteiger charge is 2.22. The van der Waals surface area contributed by atoms with Gasteiger partial charge in [-0.2, -0.15) is 0 Å². The fraction of sp³-hybridized carbons (Fsp3) is 0.333. The SMILES string of the molecule is CCCn1cnc2c(F)c(Cc3ccc(Br)cc3Cl)c(C(=O)COCCO)cc21. The quantitative estimate of drug-likeness (QED) is 0.351. The Hall–Kier alpha value is -1.80. The molecule has 0 bridgehead atoms. The van der Waals surface area contributed by atoms with Crippen molar-refractivity contribution in [2.24, 2.45) is 0 Å². The fourth-order valence-corrected chi connectivity index (χ4v) is 3.94. The molecule has 1 aromatic heterocycles. The third kappa shape index (κ3) is 4.86. The van der Waals surface area contributed by atoms with Crippen LogP contribution in [0.1, 0.15) is 34.8 Å². The second kappa shape index (κ2) is 9.80. The van der Waals surface area contributed by atoms with E-state index in [0.29, 0.717) is 22.6 Å². The second-order valence-electron chi connectivity index (χ2n) is 6.63. The molecule has 0 aliphatic heterocycles. The predicted molar refractivity (Wildman–Crippen MR) is 114 cm³/mol. The monoisotopic (exact) mass is 482 g/mol. The summed E-state index contributed by atoms with van der Waals surface area (Å²) in [5.41, 5.74) is 1.98. The van der Waals surface area contributed by atoms with Gasteiger partial charge in [0.1, 0.15) is 12.1 Å². The molecule has 0 amide bonds. The van der Waals surface area contributed by atoms with E-state index in [4.69, 9.17) is 21.4 Å². The molecule has 3 aromatic rings. The number of hydrogen-bond acceptors (Lipinski definition) is 4. The summed E-state index contributed by atoms with van der Waals surface area (Å²) in [6.45, 7) is 2.29. The number of Topliss-reactive ketones (excluding diaryl/α,β-unsaturated/α-hetero) is 1. The lowest BCUT2D eigenvalue weighted by atomic mass is 9.95. The minimum absolute atomic E-state index is 0.0398. The topological polar surface area (TPSA) is 64.4 Å². The van der Waals surface area contributed by atoms with Crippen LogP contribution >= 0.6 is 27.5 Å². The minimum Gasteiger partial charge on any atom is -0.394 e. The summed E-state index contributed by atoms with van der Waals surface area (Å²) in [7, 11) is 0. The van der Waals surface area contributed by atoms with E-state index < -0.39 is 5.82 Å². The van der Waals surface area contributed by atoms with Crippen LogP contribution in [-0.4, -0.2) is 40.3 Å². The molecule has 3 rings (SSSR count). The number of carbonyl (C=O) groups excluding carboxylic acids is 1. The van der Waals surface area contributed by atoms with Gasteiger partial charge in [0.15, 0.2) is 11.6 Å². The second-order valence-corrected chi connectivity index (χ2v) is 7.96. The van der Waals surface area contributed by atoms with E-state index in [9.17, 15) is 4.79 Å². The molecule has 1 N–H and O–H groups in total. The normalized spacial score (nSPS) is 11.3. The zero-order chi connectivity index (χ0) is 21.0. The van der Waals surface area contributed by atoms with Gasteiger partial charge >= 0.3 is 0 Å². The predicted octanol–water partition coefficient (Wildman–Crippen LogP) is 4.78.